The first kappa shape index (κ1) is 39.1. The molecule has 0 bridgehead atoms. The third-order valence-electron chi connectivity index (χ3n) is 8.82. The normalized spacial score (nSPS) is 14.4. The molecule has 0 unspecified atom stereocenters. The Labute approximate surface area is 315 Å². The van der Waals surface area contributed by atoms with Gasteiger partial charge >= 0.3 is 0 Å². The second-order valence-electron chi connectivity index (χ2n) is 13.3. The van der Waals surface area contributed by atoms with E-state index in [1.807, 2.05) is 0 Å². The Morgan fingerprint density at radius 1 is 0.545 bits per heavy atom. The summed E-state index contributed by atoms with van der Waals surface area (Å²) >= 11 is 0. The highest BCUT2D eigenvalue weighted by atomic mass is 16.2. The maximum absolute atomic E-state index is 13.1. The summed E-state index contributed by atoms with van der Waals surface area (Å²) in [6.45, 7) is 0.404. The van der Waals surface area contributed by atoms with Crippen molar-refractivity contribution < 1.29 is 28.8 Å². The van der Waals surface area contributed by atoms with Crippen molar-refractivity contribution in [3.8, 4) is 0 Å². The van der Waals surface area contributed by atoms with Crippen molar-refractivity contribution in [3.05, 3.63) is 71.8 Å². The molecule has 12 N–H and O–H groups in total. The fourth-order valence-electron chi connectivity index (χ4n) is 5.87. The lowest BCUT2D eigenvalue weighted by atomic mass is 10.2. The predicted octanol–water partition coefficient (Wildman–Crippen LogP) is 0.870. The number of carbonyl (C=O) groups is 6. The van der Waals surface area contributed by atoms with Gasteiger partial charge in [-0.15, -0.1) is 0 Å². The van der Waals surface area contributed by atoms with Gasteiger partial charge in [0.2, 0.25) is 11.8 Å². The number of anilines is 4. The van der Waals surface area contributed by atoms with E-state index < -0.39 is 23.7 Å². The van der Waals surface area contributed by atoms with E-state index in [0.717, 1.165) is 0 Å². The summed E-state index contributed by atoms with van der Waals surface area (Å²) in [6, 6.07) is 6.03. The van der Waals surface area contributed by atoms with Gasteiger partial charge in [0.15, 0.2) is 0 Å². The van der Waals surface area contributed by atoms with Gasteiger partial charge in [0, 0.05) is 78.9 Å². The molecule has 55 heavy (non-hydrogen) atoms. The van der Waals surface area contributed by atoms with Crippen molar-refractivity contribution in [1.29, 1.82) is 10.8 Å². The van der Waals surface area contributed by atoms with Crippen molar-refractivity contribution in [1.82, 2.24) is 28.9 Å². The Bertz CT molecular complexity index is 2050. The predicted molar refractivity (Wildman–Crippen MR) is 204 cm³/mol. The maximum Gasteiger partial charge on any atom is 0.272 e. The van der Waals surface area contributed by atoms with Crippen LogP contribution in [0.15, 0.2) is 49.1 Å². The zero-order valence-corrected chi connectivity index (χ0v) is 30.7. The molecular formula is C35H44N14O6. The lowest BCUT2D eigenvalue weighted by Crippen LogP contribution is -2.28. The molecule has 0 aromatic carbocycles. The number of carbonyl (C=O) groups excluding carboxylic acids is 6. The minimum absolute atomic E-state index is 0.0437. The highest BCUT2D eigenvalue weighted by Crippen LogP contribution is 2.40. The molecule has 1 fully saturated rings. The Balaban J connectivity index is 1.11. The highest BCUT2D eigenvalue weighted by Gasteiger charge is 2.48. The molecule has 20 heteroatoms. The van der Waals surface area contributed by atoms with Gasteiger partial charge in [-0.1, -0.05) is 0 Å². The zero-order chi connectivity index (χ0) is 40.1. The van der Waals surface area contributed by atoms with E-state index in [-0.39, 0.29) is 72.6 Å². The summed E-state index contributed by atoms with van der Waals surface area (Å²) in [6.07, 6.45) is 7.05. The number of rotatable bonds is 16. The number of nitrogens with zero attached hydrogens (tertiary/aromatic N) is 4. The molecule has 0 radical (unpaired) electrons. The van der Waals surface area contributed by atoms with Gasteiger partial charge in [-0.25, -0.2) is 0 Å². The first-order valence-corrected chi connectivity index (χ1v) is 17.1. The number of nitrogens with one attached hydrogen (secondary N) is 8. The number of nitrogens with two attached hydrogens (primary N) is 2. The number of amides is 6. The van der Waals surface area contributed by atoms with Crippen molar-refractivity contribution in [2.24, 2.45) is 51.5 Å². The maximum atomic E-state index is 13.1. The van der Waals surface area contributed by atoms with E-state index in [2.05, 4.69) is 31.9 Å². The van der Waals surface area contributed by atoms with E-state index in [1.165, 1.54) is 33.4 Å². The molecule has 0 aliphatic heterocycles. The minimum atomic E-state index is -0.597. The summed E-state index contributed by atoms with van der Waals surface area (Å²) in [5, 5.41) is 30.9. The SMILES string of the molecule is Cn1cc(NC(=O)c2cc(NC(=O)[C@H]3C[C@@H]3C(=O)Nc3cc(C(=O)Nc4cc(C(=O)NCCC(=N)N)n(C)c4)n(C)c3)cn2C)cc1C(=O)NCCC(=N)N. The van der Waals surface area contributed by atoms with Gasteiger partial charge in [-0.3, -0.25) is 39.6 Å². The van der Waals surface area contributed by atoms with Crippen LogP contribution in [0.5, 0.6) is 0 Å². The third-order valence-corrected chi connectivity index (χ3v) is 8.82. The molecular weight excluding hydrogens is 712 g/mol. The van der Waals surface area contributed by atoms with Crippen LogP contribution in [0.25, 0.3) is 0 Å². The molecule has 4 heterocycles. The second kappa shape index (κ2) is 16.3. The van der Waals surface area contributed by atoms with Gasteiger partial charge in [-0.05, 0) is 30.7 Å². The third kappa shape index (κ3) is 9.66. The quantitative estimate of drug-likeness (QED) is 0.0577. The van der Waals surface area contributed by atoms with Crippen LogP contribution in [0.4, 0.5) is 22.7 Å². The van der Waals surface area contributed by atoms with Gasteiger partial charge in [0.25, 0.3) is 23.6 Å². The van der Waals surface area contributed by atoms with Crippen molar-refractivity contribution >= 4 is 69.9 Å². The van der Waals surface area contributed by atoms with Gasteiger partial charge < -0.3 is 61.6 Å². The van der Waals surface area contributed by atoms with Gasteiger partial charge in [0.05, 0.1) is 46.3 Å². The first-order chi connectivity index (χ1) is 26.0. The summed E-state index contributed by atoms with van der Waals surface area (Å²) < 4.78 is 6.18. The molecule has 20 nitrogen and oxygen atoms in total. The molecule has 290 valence electrons. The Morgan fingerprint density at radius 3 is 1.15 bits per heavy atom. The smallest absolute Gasteiger partial charge is 0.272 e. The van der Waals surface area contributed by atoms with Crippen LogP contribution < -0.4 is 43.4 Å². The standard InChI is InChI=1S/C35H44N14O6/c1-46-16-20(9-24(46)32(52)40-7-5-28(36)37)44-34(54)26-11-18(14-48(26)3)42-30(50)22-13-23(22)31(51)43-19-12-27(49(4)15-19)35(55)45-21-10-25(47(2)17-21)33(53)41-8-6-29(38)39/h9-12,14-17,22-23H,5-8,13H2,1-4H3,(H3,36,37)(H3,38,39)(H,40,52)(H,41,53)(H,42,50)(H,43,51)(H,44,54)(H,45,55)/t22-,23-/m0/s1. The molecule has 1 saturated carbocycles. The summed E-state index contributed by atoms with van der Waals surface area (Å²) in [7, 11) is 6.59. The van der Waals surface area contributed by atoms with Crippen LogP contribution in [0.1, 0.15) is 61.2 Å². The zero-order valence-electron chi connectivity index (χ0n) is 30.7. The lowest BCUT2D eigenvalue weighted by Gasteiger charge is -2.04. The summed E-state index contributed by atoms with van der Waals surface area (Å²) in [4.78, 5) is 77.2. The number of aromatic nitrogens is 4. The summed E-state index contributed by atoms with van der Waals surface area (Å²) in [5.74, 6) is -3.78. The van der Waals surface area contributed by atoms with Crippen molar-refractivity contribution in [2.75, 3.05) is 34.4 Å². The van der Waals surface area contributed by atoms with Crippen LogP contribution in [0.2, 0.25) is 0 Å². The molecule has 1 aliphatic rings. The van der Waals surface area contributed by atoms with E-state index in [0.29, 0.717) is 40.6 Å². The molecule has 2 atom stereocenters. The first-order valence-electron chi connectivity index (χ1n) is 17.1. The van der Waals surface area contributed by atoms with Crippen LogP contribution in [-0.4, -0.2) is 78.5 Å². The fraction of sp³-hybridized carbons (Fsp3) is 0.314. The van der Waals surface area contributed by atoms with Gasteiger partial charge in [-0.2, -0.15) is 0 Å². The largest absolute Gasteiger partial charge is 0.388 e. The average Bonchev–Trinajstić information content (AvgIpc) is 3.24. The number of hydrogen-bond donors (Lipinski definition) is 10. The molecule has 1 aliphatic carbocycles. The molecule has 0 spiro atoms. The Hall–Kier alpha value is -7.12. The highest BCUT2D eigenvalue weighted by molar-refractivity contribution is 6.08. The molecule has 4 aromatic rings. The average molecular weight is 757 g/mol. The molecule has 5 rings (SSSR count). The second-order valence-corrected chi connectivity index (χ2v) is 13.3. The number of aryl methyl sites for hydroxylation is 4. The van der Waals surface area contributed by atoms with Crippen molar-refractivity contribution in [2.45, 2.75) is 19.3 Å². The van der Waals surface area contributed by atoms with E-state index in [1.54, 1.807) is 62.1 Å². The summed E-state index contributed by atoms with van der Waals surface area (Å²) in [5.41, 5.74) is 13.2. The Morgan fingerprint density at radius 2 is 0.836 bits per heavy atom. The number of amidine groups is 2. The van der Waals surface area contributed by atoms with Crippen LogP contribution in [-0.2, 0) is 37.8 Å². The van der Waals surface area contributed by atoms with Gasteiger partial charge in [0.1, 0.15) is 22.8 Å². The van der Waals surface area contributed by atoms with E-state index in [4.69, 9.17) is 22.3 Å². The fourth-order valence-corrected chi connectivity index (χ4v) is 5.87. The molecule has 0 saturated heterocycles. The van der Waals surface area contributed by atoms with Crippen LogP contribution in [0, 0.1) is 22.7 Å². The molecule has 6 amide bonds. The Kier molecular flexibility index (Phi) is 11.6. The molecule has 4 aromatic heterocycles. The lowest BCUT2D eigenvalue weighted by molar-refractivity contribution is -0.122. The van der Waals surface area contributed by atoms with Crippen molar-refractivity contribution in [3.63, 3.8) is 0 Å². The minimum Gasteiger partial charge on any atom is -0.388 e. The topological polar surface area (TPSA) is 294 Å². The van der Waals surface area contributed by atoms with Crippen LogP contribution in [0.3, 0.4) is 0 Å². The van der Waals surface area contributed by atoms with E-state index in [9.17, 15) is 28.8 Å². The number of hydrogen-bond acceptors (Lipinski definition) is 8. The van der Waals surface area contributed by atoms with E-state index >= 15 is 0 Å². The van der Waals surface area contributed by atoms with Crippen LogP contribution >= 0.6 is 0 Å². The monoisotopic (exact) mass is 756 g/mol.